The first-order chi connectivity index (χ1) is 10.3. The second-order valence-corrected chi connectivity index (χ2v) is 4.94. The summed E-state index contributed by atoms with van der Waals surface area (Å²) >= 11 is 0. The van der Waals surface area contributed by atoms with E-state index in [-0.39, 0.29) is 5.69 Å². The molecule has 0 aliphatic rings. The number of H-pyrrole nitrogens is 4. The van der Waals surface area contributed by atoms with Crippen molar-refractivity contribution >= 4 is 0 Å². The molecular formula is C14H23N7O. The van der Waals surface area contributed by atoms with Crippen molar-refractivity contribution < 1.29 is 0 Å². The minimum absolute atomic E-state index is 0.125. The molecule has 120 valence electrons. The van der Waals surface area contributed by atoms with Crippen molar-refractivity contribution in [1.29, 1.82) is 0 Å². The third-order valence-electron chi connectivity index (χ3n) is 3.21. The summed E-state index contributed by atoms with van der Waals surface area (Å²) in [7, 11) is 0. The summed E-state index contributed by atoms with van der Waals surface area (Å²) in [6.07, 6.45) is 1.70. The molecule has 22 heavy (non-hydrogen) atoms. The van der Waals surface area contributed by atoms with Gasteiger partial charge in [0.1, 0.15) is 0 Å². The Morgan fingerprint density at radius 1 is 0.773 bits per heavy atom. The van der Waals surface area contributed by atoms with Crippen molar-refractivity contribution in [2.75, 3.05) is 0 Å². The minimum Gasteiger partial charge on any atom is -0.348 e. The molecule has 0 bridgehead atoms. The van der Waals surface area contributed by atoms with E-state index in [1.54, 1.807) is 6.33 Å². The summed E-state index contributed by atoms with van der Waals surface area (Å²) < 4.78 is 0. The maximum atomic E-state index is 10.4. The maximum absolute atomic E-state index is 10.4. The fourth-order valence-corrected chi connectivity index (χ4v) is 1.32. The average Bonchev–Trinajstić information content (AvgIpc) is 3.08. The van der Waals surface area contributed by atoms with Gasteiger partial charge in [-0.2, -0.15) is 15.4 Å². The van der Waals surface area contributed by atoms with Crippen LogP contribution in [0, 0.1) is 41.5 Å². The van der Waals surface area contributed by atoms with Crippen molar-refractivity contribution in [1.82, 2.24) is 35.3 Å². The van der Waals surface area contributed by atoms with E-state index in [0.29, 0.717) is 0 Å². The second kappa shape index (κ2) is 7.96. The van der Waals surface area contributed by atoms with E-state index >= 15 is 0 Å². The highest BCUT2D eigenvalue weighted by molar-refractivity contribution is 5.05. The summed E-state index contributed by atoms with van der Waals surface area (Å²) in [5.41, 5.74) is 5.88. The molecule has 0 aliphatic carbocycles. The van der Waals surface area contributed by atoms with Gasteiger partial charge in [-0.25, -0.2) is 9.78 Å². The number of hydrogen-bond donors (Lipinski definition) is 4. The van der Waals surface area contributed by atoms with E-state index in [1.165, 1.54) is 0 Å². The van der Waals surface area contributed by atoms with Crippen LogP contribution in [0.1, 0.15) is 34.2 Å². The normalized spacial score (nSPS) is 9.55. The Morgan fingerprint density at radius 2 is 1.27 bits per heavy atom. The molecule has 0 fully saturated rings. The molecule has 4 N–H and O–H groups in total. The molecule has 0 aliphatic heterocycles. The fraction of sp³-hybridized carbons (Fsp3) is 0.429. The van der Waals surface area contributed by atoms with Crippen LogP contribution in [0.4, 0.5) is 0 Å². The summed E-state index contributed by atoms with van der Waals surface area (Å²) in [4.78, 5) is 22.5. The Labute approximate surface area is 128 Å². The van der Waals surface area contributed by atoms with Gasteiger partial charge in [0.2, 0.25) is 0 Å². The quantitative estimate of drug-likeness (QED) is 0.506. The highest BCUT2D eigenvalue weighted by Crippen LogP contribution is 1.94. The van der Waals surface area contributed by atoms with Crippen LogP contribution in [-0.4, -0.2) is 35.3 Å². The van der Waals surface area contributed by atoms with Crippen LogP contribution in [-0.2, 0) is 0 Å². The lowest BCUT2D eigenvalue weighted by Gasteiger charge is -1.79. The average molecular weight is 305 g/mol. The van der Waals surface area contributed by atoms with Gasteiger partial charge >= 0.3 is 5.69 Å². The van der Waals surface area contributed by atoms with Crippen molar-refractivity contribution in [3.05, 3.63) is 51.0 Å². The molecule has 0 saturated carbocycles. The van der Waals surface area contributed by atoms with Gasteiger partial charge in [-0.1, -0.05) is 0 Å². The zero-order valence-corrected chi connectivity index (χ0v) is 13.8. The van der Waals surface area contributed by atoms with Gasteiger partial charge < -0.3 is 15.0 Å². The first-order valence-corrected chi connectivity index (χ1v) is 6.87. The third-order valence-corrected chi connectivity index (χ3v) is 3.21. The number of hydrogen-bond acceptors (Lipinski definition) is 4. The number of nitrogens with zero attached hydrogens (tertiary/aromatic N) is 3. The Bertz CT molecular complexity index is 653. The predicted molar refractivity (Wildman–Crippen MR) is 84.8 cm³/mol. The molecule has 0 saturated heterocycles. The summed E-state index contributed by atoms with van der Waals surface area (Å²) in [6.45, 7) is 11.5. The lowest BCUT2D eigenvalue weighted by molar-refractivity contribution is 0.921. The van der Waals surface area contributed by atoms with E-state index in [1.807, 2.05) is 41.5 Å². The maximum Gasteiger partial charge on any atom is 0.323 e. The zero-order valence-electron chi connectivity index (χ0n) is 13.8. The van der Waals surface area contributed by atoms with Gasteiger partial charge in [0.15, 0.2) is 0 Å². The number of aryl methyl sites for hydroxylation is 6. The first-order valence-electron chi connectivity index (χ1n) is 6.87. The van der Waals surface area contributed by atoms with Gasteiger partial charge in [0.05, 0.1) is 23.4 Å². The van der Waals surface area contributed by atoms with Crippen molar-refractivity contribution in [2.24, 2.45) is 0 Å². The molecule has 3 aromatic rings. The molecule has 0 amide bonds. The Kier molecular flexibility index (Phi) is 6.30. The number of rotatable bonds is 0. The standard InChI is InChI=1S/C5H8N2O.C5H8N2.C4H7N3/c1-3-4(2)7-5(8)6-3;1-4-5(2)7-3-6-4;1-3-4(2)6-7-5-3/h1-2H3,(H2,6,7,8);3H,1-2H3,(H,6,7);1-2H3,(H,5,6,7). The van der Waals surface area contributed by atoms with E-state index in [2.05, 4.69) is 35.3 Å². The van der Waals surface area contributed by atoms with Crippen molar-refractivity contribution in [3.63, 3.8) is 0 Å². The fourth-order valence-electron chi connectivity index (χ4n) is 1.32. The lowest BCUT2D eigenvalue weighted by Crippen LogP contribution is -2.00. The smallest absolute Gasteiger partial charge is 0.323 e. The number of nitrogens with one attached hydrogen (secondary N) is 4. The highest BCUT2D eigenvalue weighted by Gasteiger charge is 1.92. The lowest BCUT2D eigenvalue weighted by atomic mass is 10.4. The zero-order chi connectivity index (χ0) is 16.7. The van der Waals surface area contributed by atoms with Crippen LogP contribution in [0.2, 0.25) is 0 Å². The van der Waals surface area contributed by atoms with Crippen molar-refractivity contribution in [3.8, 4) is 0 Å². The van der Waals surface area contributed by atoms with E-state index in [4.69, 9.17) is 0 Å². The SMILES string of the molecule is Cc1[nH]c(=O)[nH]c1C.Cc1n[nH]nc1C.Cc1nc[nH]c1C. The Morgan fingerprint density at radius 3 is 1.41 bits per heavy atom. The summed E-state index contributed by atoms with van der Waals surface area (Å²) in [5, 5.41) is 10.1. The van der Waals surface area contributed by atoms with Crippen LogP contribution < -0.4 is 5.69 Å². The molecule has 0 aromatic carbocycles. The van der Waals surface area contributed by atoms with E-state index in [0.717, 1.165) is 34.2 Å². The van der Waals surface area contributed by atoms with Crippen LogP contribution in [0.25, 0.3) is 0 Å². The van der Waals surface area contributed by atoms with Crippen LogP contribution >= 0.6 is 0 Å². The Balaban J connectivity index is 0.000000166. The van der Waals surface area contributed by atoms with Crippen LogP contribution in [0.5, 0.6) is 0 Å². The monoisotopic (exact) mass is 305 g/mol. The second-order valence-electron chi connectivity index (χ2n) is 4.94. The van der Waals surface area contributed by atoms with Gasteiger partial charge in [0, 0.05) is 17.1 Å². The van der Waals surface area contributed by atoms with Crippen LogP contribution in [0.15, 0.2) is 11.1 Å². The minimum atomic E-state index is -0.125. The van der Waals surface area contributed by atoms with E-state index < -0.39 is 0 Å². The molecule has 0 atom stereocenters. The molecule has 3 rings (SSSR count). The molecule has 3 heterocycles. The predicted octanol–water partition coefficient (Wildman–Crippen LogP) is 1.77. The largest absolute Gasteiger partial charge is 0.348 e. The molecule has 0 unspecified atom stereocenters. The number of aromatic amines is 4. The topological polar surface area (TPSA) is 119 Å². The molecule has 8 nitrogen and oxygen atoms in total. The molecule has 8 heteroatoms. The highest BCUT2D eigenvalue weighted by atomic mass is 16.1. The van der Waals surface area contributed by atoms with E-state index in [9.17, 15) is 4.79 Å². The Hall–Kier alpha value is -2.64. The number of imidazole rings is 2. The molecular weight excluding hydrogens is 282 g/mol. The summed E-state index contributed by atoms with van der Waals surface area (Å²) in [5.74, 6) is 0. The third kappa shape index (κ3) is 5.39. The molecule has 3 aromatic heterocycles. The van der Waals surface area contributed by atoms with Gasteiger partial charge in [0.25, 0.3) is 0 Å². The van der Waals surface area contributed by atoms with Gasteiger partial charge in [-0.15, -0.1) is 0 Å². The summed E-state index contributed by atoms with van der Waals surface area (Å²) in [6, 6.07) is 0. The van der Waals surface area contributed by atoms with Gasteiger partial charge in [-0.3, -0.25) is 0 Å². The number of aromatic nitrogens is 7. The first kappa shape index (κ1) is 17.4. The van der Waals surface area contributed by atoms with Gasteiger partial charge in [-0.05, 0) is 41.5 Å². The molecule has 0 spiro atoms. The molecule has 0 radical (unpaired) electrons. The van der Waals surface area contributed by atoms with Crippen LogP contribution in [0.3, 0.4) is 0 Å². The van der Waals surface area contributed by atoms with Crippen molar-refractivity contribution in [2.45, 2.75) is 41.5 Å².